The van der Waals surface area contributed by atoms with Gasteiger partial charge in [0.05, 0.1) is 12.6 Å². The van der Waals surface area contributed by atoms with Crippen molar-refractivity contribution in [1.82, 2.24) is 4.90 Å². The second kappa shape index (κ2) is 7.07. The zero-order valence-corrected chi connectivity index (χ0v) is 12.5. The minimum absolute atomic E-state index is 0.0270. The maximum atomic E-state index is 11.6. The molecular formula is C13H27NO5. The van der Waals surface area contributed by atoms with Crippen molar-refractivity contribution in [3.63, 3.8) is 0 Å². The number of likely N-dealkylation sites (tertiary alicyclic amines) is 1. The third kappa shape index (κ3) is 9.69. The van der Waals surface area contributed by atoms with Crippen molar-refractivity contribution in [2.24, 2.45) is 0 Å². The summed E-state index contributed by atoms with van der Waals surface area (Å²) in [5.74, 6) is -1.50. The quantitative estimate of drug-likeness (QED) is 0.624. The highest BCUT2D eigenvalue weighted by Crippen LogP contribution is 2.20. The predicted octanol–water partition coefficient (Wildman–Crippen LogP) is 1.09. The Balaban J connectivity index is 0.000000555. The van der Waals surface area contributed by atoms with Crippen molar-refractivity contribution in [1.29, 1.82) is 0 Å². The summed E-state index contributed by atoms with van der Waals surface area (Å²) in [5.41, 5.74) is -0.459. The van der Waals surface area contributed by atoms with Crippen molar-refractivity contribution in [3.05, 3.63) is 0 Å². The van der Waals surface area contributed by atoms with Gasteiger partial charge < -0.3 is 25.0 Å². The van der Waals surface area contributed by atoms with E-state index in [-0.39, 0.29) is 18.7 Å². The van der Waals surface area contributed by atoms with Gasteiger partial charge in [-0.05, 0) is 47.5 Å². The van der Waals surface area contributed by atoms with Crippen molar-refractivity contribution in [2.75, 3.05) is 13.2 Å². The Kier molecular flexibility index (Phi) is 6.76. The van der Waals surface area contributed by atoms with E-state index in [1.807, 2.05) is 20.8 Å². The molecular weight excluding hydrogens is 250 g/mol. The van der Waals surface area contributed by atoms with Crippen LogP contribution in [0.15, 0.2) is 0 Å². The summed E-state index contributed by atoms with van der Waals surface area (Å²) in [6.07, 6.45) is 1.51. The summed E-state index contributed by atoms with van der Waals surface area (Å²) in [6.45, 7) is 8.85. The van der Waals surface area contributed by atoms with Crippen LogP contribution < -0.4 is 0 Å². The van der Waals surface area contributed by atoms with Crippen LogP contribution in [0.4, 0.5) is 4.79 Å². The first-order valence-corrected chi connectivity index (χ1v) is 6.49. The molecule has 0 spiro atoms. The van der Waals surface area contributed by atoms with Gasteiger partial charge in [0.25, 0.3) is 0 Å². The number of aliphatic hydroxyl groups excluding tert-OH is 1. The first-order chi connectivity index (χ1) is 8.44. The van der Waals surface area contributed by atoms with Crippen LogP contribution in [-0.2, 0) is 4.74 Å². The average molecular weight is 277 g/mol. The number of ether oxygens (including phenoxy) is 1. The largest absolute Gasteiger partial charge is 0.444 e. The molecule has 114 valence electrons. The Hall–Kier alpha value is -0.850. The van der Waals surface area contributed by atoms with Gasteiger partial charge in [-0.3, -0.25) is 0 Å². The Morgan fingerprint density at radius 1 is 1.26 bits per heavy atom. The Labute approximate surface area is 115 Å². The molecule has 3 N–H and O–H groups in total. The number of hydrogen-bond acceptors (Lipinski definition) is 5. The highest BCUT2D eigenvalue weighted by molar-refractivity contribution is 5.68. The predicted molar refractivity (Wildman–Crippen MR) is 71.6 cm³/mol. The maximum Gasteiger partial charge on any atom is 0.410 e. The summed E-state index contributed by atoms with van der Waals surface area (Å²) in [6, 6.07) is -0.0511. The van der Waals surface area contributed by atoms with Crippen LogP contribution in [0.1, 0.15) is 47.5 Å². The molecule has 0 aromatic heterocycles. The molecule has 0 bridgehead atoms. The van der Waals surface area contributed by atoms with Crippen LogP contribution >= 0.6 is 0 Å². The van der Waals surface area contributed by atoms with Crippen LogP contribution in [0.25, 0.3) is 0 Å². The molecule has 0 saturated carbocycles. The van der Waals surface area contributed by atoms with Gasteiger partial charge in [0.15, 0.2) is 5.79 Å². The number of hydrogen-bond donors (Lipinski definition) is 3. The molecule has 0 radical (unpaired) electrons. The Bertz CT molecular complexity index is 274. The molecule has 19 heavy (non-hydrogen) atoms. The van der Waals surface area contributed by atoms with Crippen molar-refractivity contribution >= 4 is 6.09 Å². The van der Waals surface area contributed by atoms with Crippen molar-refractivity contribution in [2.45, 2.75) is 64.9 Å². The van der Waals surface area contributed by atoms with Crippen LogP contribution in [0.5, 0.6) is 0 Å². The number of carbonyl (C=O) groups excluding carboxylic acids is 1. The molecule has 0 aliphatic carbocycles. The molecule has 1 unspecified atom stereocenters. The summed E-state index contributed by atoms with van der Waals surface area (Å²) in [7, 11) is 0. The molecule has 0 aromatic carbocycles. The summed E-state index contributed by atoms with van der Waals surface area (Å²) in [5, 5.41) is 25.2. The standard InChI is InChI=1S/C10H19NO3.C3H8O2/c1-10(2,3)14-9(13)11-6-4-5-8(11)7-12;1-3(2,4)5/h8,12H,4-7H2,1-3H3;4-5H,1-2H3. The lowest BCUT2D eigenvalue weighted by Crippen LogP contribution is -2.41. The molecule has 1 aliphatic heterocycles. The molecule has 6 heteroatoms. The van der Waals surface area contributed by atoms with Gasteiger partial charge in [-0.1, -0.05) is 0 Å². The first-order valence-electron chi connectivity index (χ1n) is 6.49. The lowest BCUT2D eigenvalue weighted by atomic mass is 10.2. The van der Waals surface area contributed by atoms with Crippen molar-refractivity contribution < 1.29 is 24.9 Å². The molecule has 1 rings (SSSR count). The topological polar surface area (TPSA) is 90.2 Å². The molecule has 1 amide bonds. The molecule has 0 aromatic rings. The fourth-order valence-electron chi connectivity index (χ4n) is 1.59. The fourth-order valence-corrected chi connectivity index (χ4v) is 1.59. The van der Waals surface area contributed by atoms with Gasteiger partial charge in [0.1, 0.15) is 5.60 Å². The fraction of sp³-hybridized carbons (Fsp3) is 0.923. The molecule has 1 saturated heterocycles. The molecule has 1 atom stereocenters. The van der Waals surface area contributed by atoms with E-state index >= 15 is 0 Å². The second-order valence-corrected chi connectivity index (χ2v) is 6.15. The van der Waals surface area contributed by atoms with E-state index in [9.17, 15) is 4.79 Å². The van der Waals surface area contributed by atoms with E-state index in [1.165, 1.54) is 13.8 Å². The number of aliphatic hydroxyl groups is 3. The number of amides is 1. The third-order valence-electron chi connectivity index (χ3n) is 2.22. The highest BCUT2D eigenvalue weighted by Gasteiger charge is 2.31. The van der Waals surface area contributed by atoms with E-state index in [2.05, 4.69) is 0 Å². The lowest BCUT2D eigenvalue weighted by Gasteiger charge is -2.27. The lowest BCUT2D eigenvalue weighted by molar-refractivity contribution is -0.127. The molecule has 1 heterocycles. The van der Waals surface area contributed by atoms with E-state index < -0.39 is 11.4 Å². The van der Waals surface area contributed by atoms with Crippen molar-refractivity contribution in [3.8, 4) is 0 Å². The summed E-state index contributed by atoms with van der Waals surface area (Å²) < 4.78 is 5.23. The third-order valence-corrected chi connectivity index (χ3v) is 2.22. The van der Waals surface area contributed by atoms with Crippen LogP contribution in [-0.4, -0.2) is 56.9 Å². The smallest absolute Gasteiger partial charge is 0.410 e. The SMILES string of the molecule is CC(C)(C)OC(=O)N1CCCC1CO.CC(C)(O)O. The van der Waals surface area contributed by atoms with Crippen LogP contribution in [0, 0.1) is 0 Å². The van der Waals surface area contributed by atoms with Crippen LogP contribution in [0.2, 0.25) is 0 Å². The average Bonchev–Trinajstić information content (AvgIpc) is 2.59. The van der Waals surface area contributed by atoms with E-state index in [1.54, 1.807) is 4.90 Å². The van der Waals surface area contributed by atoms with Gasteiger partial charge >= 0.3 is 6.09 Å². The Morgan fingerprint density at radius 2 is 1.74 bits per heavy atom. The van der Waals surface area contributed by atoms with Crippen LogP contribution in [0.3, 0.4) is 0 Å². The van der Waals surface area contributed by atoms with Gasteiger partial charge in [-0.2, -0.15) is 0 Å². The summed E-state index contributed by atoms with van der Waals surface area (Å²) in [4.78, 5) is 13.2. The second-order valence-electron chi connectivity index (χ2n) is 6.15. The van der Waals surface area contributed by atoms with E-state index in [0.29, 0.717) is 6.54 Å². The van der Waals surface area contributed by atoms with Gasteiger partial charge in [0.2, 0.25) is 0 Å². The number of nitrogens with zero attached hydrogens (tertiary/aromatic N) is 1. The van der Waals surface area contributed by atoms with E-state index in [4.69, 9.17) is 20.1 Å². The summed E-state index contributed by atoms with van der Waals surface area (Å²) >= 11 is 0. The first kappa shape index (κ1) is 18.1. The van der Waals surface area contributed by atoms with E-state index in [0.717, 1.165) is 12.8 Å². The van der Waals surface area contributed by atoms with Gasteiger partial charge in [-0.25, -0.2) is 4.79 Å². The zero-order valence-electron chi connectivity index (χ0n) is 12.5. The maximum absolute atomic E-state index is 11.6. The highest BCUT2D eigenvalue weighted by atomic mass is 16.6. The number of rotatable bonds is 1. The minimum atomic E-state index is -1.50. The Morgan fingerprint density at radius 3 is 2.11 bits per heavy atom. The monoisotopic (exact) mass is 277 g/mol. The van der Waals surface area contributed by atoms with Gasteiger partial charge in [-0.15, -0.1) is 0 Å². The minimum Gasteiger partial charge on any atom is -0.444 e. The van der Waals surface area contributed by atoms with Gasteiger partial charge in [0, 0.05) is 6.54 Å². The zero-order chi connectivity index (χ0) is 15.3. The molecule has 1 aliphatic rings. The molecule has 6 nitrogen and oxygen atoms in total. The number of carbonyl (C=O) groups is 1. The molecule has 1 fully saturated rings. The normalized spacial score (nSPS) is 19.8.